The van der Waals surface area contributed by atoms with E-state index in [-0.39, 0.29) is 43.3 Å². The minimum Gasteiger partial charge on any atom is -0.466 e. The van der Waals surface area contributed by atoms with E-state index in [1.807, 2.05) is 19.9 Å². The highest BCUT2D eigenvalue weighted by Gasteiger charge is 2.33. The van der Waals surface area contributed by atoms with Gasteiger partial charge in [-0.1, -0.05) is 77.3 Å². The number of ether oxygens (including phenoxy) is 2. The Morgan fingerprint density at radius 1 is 0.778 bits per heavy atom. The standard InChI is InChI=1S/C17H25NO2.C12H23NO2.CH4/c1-3-20-17(19)15-11-7-8-12-16(15)18-13(2)14-9-5-4-6-10-14;1-4-15-12(14)10-7-5-6-8-11(10)13-9(2)3;/h4-6,9-10,13,15-16,18H,3,7-8,11-12H2,1-2H3;9-11,13H,4-8H2,1-3H3;1H4/t13-,15+,16-;10-,11-;/m00./s1. The number of nitrogens with one attached hydrogen (secondary N) is 2. The van der Waals surface area contributed by atoms with Crippen LogP contribution in [0.15, 0.2) is 30.3 Å². The lowest BCUT2D eigenvalue weighted by molar-refractivity contribution is -0.151. The van der Waals surface area contributed by atoms with Crippen LogP contribution in [0.4, 0.5) is 0 Å². The molecule has 0 radical (unpaired) electrons. The molecule has 0 bridgehead atoms. The van der Waals surface area contributed by atoms with Gasteiger partial charge in [0.25, 0.3) is 0 Å². The van der Waals surface area contributed by atoms with Crippen LogP contribution in [0.25, 0.3) is 0 Å². The molecule has 2 fully saturated rings. The van der Waals surface area contributed by atoms with Gasteiger partial charge in [0.2, 0.25) is 0 Å². The normalized spacial score (nSPS) is 24.5. The second-order valence-electron chi connectivity index (χ2n) is 10.1. The Balaban J connectivity index is 0.000000365. The Kier molecular flexibility index (Phi) is 15.6. The fraction of sp³-hybridized carbons (Fsp3) is 0.733. The first-order valence-electron chi connectivity index (χ1n) is 13.8. The molecule has 0 spiro atoms. The first-order chi connectivity index (χ1) is 16.9. The molecule has 206 valence electrons. The minimum atomic E-state index is -0.0371. The Bertz CT molecular complexity index is 740. The van der Waals surface area contributed by atoms with Crippen LogP contribution in [-0.2, 0) is 19.1 Å². The molecule has 1 aromatic carbocycles. The largest absolute Gasteiger partial charge is 0.466 e. The highest BCUT2D eigenvalue weighted by molar-refractivity contribution is 5.73. The maximum atomic E-state index is 12.1. The monoisotopic (exact) mass is 504 g/mol. The molecule has 0 aliphatic heterocycles. The van der Waals surface area contributed by atoms with E-state index in [4.69, 9.17) is 9.47 Å². The van der Waals surface area contributed by atoms with Crippen LogP contribution in [0, 0.1) is 11.8 Å². The van der Waals surface area contributed by atoms with Crippen molar-refractivity contribution in [2.45, 2.75) is 118 Å². The molecule has 3 rings (SSSR count). The summed E-state index contributed by atoms with van der Waals surface area (Å²) >= 11 is 0. The van der Waals surface area contributed by atoms with Gasteiger partial charge >= 0.3 is 11.9 Å². The van der Waals surface area contributed by atoms with Crippen LogP contribution in [0.1, 0.15) is 105 Å². The Hall–Kier alpha value is -1.92. The fourth-order valence-corrected chi connectivity index (χ4v) is 5.31. The summed E-state index contributed by atoms with van der Waals surface area (Å²) in [7, 11) is 0. The summed E-state index contributed by atoms with van der Waals surface area (Å²) in [5, 5.41) is 7.09. The van der Waals surface area contributed by atoms with Crippen molar-refractivity contribution >= 4 is 11.9 Å². The molecule has 1 aromatic rings. The highest BCUT2D eigenvalue weighted by Crippen LogP contribution is 2.28. The molecule has 0 heterocycles. The van der Waals surface area contributed by atoms with Gasteiger partial charge in [-0.3, -0.25) is 9.59 Å². The molecule has 2 saturated carbocycles. The average molecular weight is 505 g/mol. The van der Waals surface area contributed by atoms with Crippen molar-refractivity contribution in [3.05, 3.63) is 35.9 Å². The van der Waals surface area contributed by atoms with E-state index in [1.54, 1.807) is 0 Å². The third kappa shape index (κ3) is 10.6. The molecule has 2 N–H and O–H groups in total. The van der Waals surface area contributed by atoms with Crippen LogP contribution < -0.4 is 10.6 Å². The topological polar surface area (TPSA) is 76.7 Å². The third-order valence-electron chi connectivity index (χ3n) is 7.02. The molecule has 0 amide bonds. The van der Waals surface area contributed by atoms with Gasteiger partial charge in [0.05, 0.1) is 25.0 Å². The van der Waals surface area contributed by atoms with Gasteiger partial charge in [0.1, 0.15) is 0 Å². The number of carbonyl (C=O) groups excluding carboxylic acids is 2. The average Bonchev–Trinajstić information content (AvgIpc) is 2.85. The maximum Gasteiger partial charge on any atom is 0.310 e. The quantitative estimate of drug-likeness (QED) is 0.390. The predicted molar refractivity (Wildman–Crippen MR) is 148 cm³/mol. The summed E-state index contributed by atoms with van der Waals surface area (Å²) in [6.07, 6.45) is 8.76. The van der Waals surface area contributed by atoms with Gasteiger partial charge in [-0.05, 0) is 52.0 Å². The number of hydrogen-bond acceptors (Lipinski definition) is 6. The zero-order valence-electron chi connectivity index (χ0n) is 22.6. The van der Waals surface area contributed by atoms with Gasteiger partial charge < -0.3 is 20.1 Å². The van der Waals surface area contributed by atoms with Crippen LogP contribution in [0.3, 0.4) is 0 Å². The first kappa shape index (κ1) is 32.1. The fourth-order valence-electron chi connectivity index (χ4n) is 5.31. The first-order valence-corrected chi connectivity index (χ1v) is 13.8. The molecule has 6 heteroatoms. The van der Waals surface area contributed by atoms with Crippen LogP contribution in [0.5, 0.6) is 0 Å². The zero-order chi connectivity index (χ0) is 25.6. The van der Waals surface area contributed by atoms with Gasteiger partial charge in [0.15, 0.2) is 0 Å². The molecule has 36 heavy (non-hydrogen) atoms. The van der Waals surface area contributed by atoms with Crippen LogP contribution in [0.2, 0.25) is 0 Å². The van der Waals surface area contributed by atoms with E-state index in [2.05, 4.69) is 55.7 Å². The summed E-state index contributed by atoms with van der Waals surface area (Å²) in [4.78, 5) is 23.8. The summed E-state index contributed by atoms with van der Waals surface area (Å²) < 4.78 is 10.3. The molecular formula is C30H52N2O4. The maximum absolute atomic E-state index is 12.1. The van der Waals surface area contributed by atoms with Crippen LogP contribution in [-0.4, -0.2) is 43.3 Å². The van der Waals surface area contributed by atoms with Crippen molar-refractivity contribution in [2.24, 2.45) is 11.8 Å². The lowest BCUT2D eigenvalue weighted by Gasteiger charge is -2.33. The summed E-state index contributed by atoms with van der Waals surface area (Å²) in [6, 6.07) is 11.6. The molecular weight excluding hydrogens is 452 g/mol. The van der Waals surface area contributed by atoms with E-state index in [9.17, 15) is 9.59 Å². The van der Waals surface area contributed by atoms with Crippen molar-refractivity contribution in [3.8, 4) is 0 Å². The summed E-state index contributed by atoms with van der Waals surface area (Å²) in [5.41, 5.74) is 1.26. The zero-order valence-corrected chi connectivity index (χ0v) is 22.6. The van der Waals surface area contributed by atoms with Crippen molar-refractivity contribution in [3.63, 3.8) is 0 Å². The molecule has 0 unspecified atom stereocenters. The summed E-state index contributed by atoms with van der Waals surface area (Å²) in [6.45, 7) is 11.1. The van der Waals surface area contributed by atoms with Crippen molar-refractivity contribution < 1.29 is 19.1 Å². The van der Waals surface area contributed by atoms with Gasteiger partial charge in [-0.15, -0.1) is 0 Å². The number of rotatable bonds is 9. The SMILES string of the molecule is C.CCOC(=O)[C@@H]1CCCC[C@@H]1N[C@@H](C)c1ccccc1.CCOC(=O)[C@H]1CCCC[C@@H]1NC(C)C. The molecule has 0 saturated heterocycles. The van der Waals surface area contributed by atoms with Gasteiger partial charge in [-0.25, -0.2) is 0 Å². The second-order valence-corrected chi connectivity index (χ2v) is 10.1. The lowest BCUT2D eigenvalue weighted by atomic mass is 9.84. The summed E-state index contributed by atoms with van der Waals surface area (Å²) in [5.74, 6) is 0.0243. The van der Waals surface area contributed by atoms with E-state index in [0.717, 1.165) is 38.5 Å². The van der Waals surface area contributed by atoms with Crippen molar-refractivity contribution in [1.82, 2.24) is 10.6 Å². The van der Waals surface area contributed by atoms with Crippen molar-refractivity contribution in [1.29, 1.82) is 0 Å². The highest BCUT2D eigenvalue weighted by atomic mass is 16.5. The number of benzene rings is 1. The van der Waals surface area contributed by atoms with Gasteiger partial charge in [-0.2, -0.15) is 0 Å². The number of carbonyl (C=O) groups is 2. The Morgan fingerprint density at radius 3 is 1.67 bits per heavy atom. The second kappa shape index (κ2) is 17.5. The minimum absolute atomic E-state index is 0. The predicted octanol–water partition coefficient (Wildman–Crippen LogP) is 6.20. The molecule has 2 aliphatic rings. The Labute approximate surface area is 220 Å². The van der Waals surface area contributed by atoms with Crippen LogP contribution >= 0.6 is 0 Å². The smallest absolute Gasteiger partial charge is 0.310 e. The molecule has 6 nitrogen and oxygen atoms in total. The molecule has 5 atom stereocenters. The van der Waals surface area contributed by atoms with E-state index < -0.39 is 0 Å². The molecule has 2 aliphatic carbocycles. The van der Waals surface area contributed by atoms with E-state index >= 15 is 0 Å². The molecule has 0 aromatic heterocycles. The van der Waals surface area contributed by atoms with E-state index in [0.29, 0.717) is 25.3 Å². The van der Waals surface area contributed by atoms with Gasteiger partial charge in [0, 0.05) is 24.2 Å². The number of hydrogen-bond donors (Lipinski definition) is 2. The van der Waals surface area contributed by atoms with Crippen molar-refractivity contribution in [2.75, 3.05) is 13.2 Å². The third-order valence-corrected chi connectivity index (χ3v) is 7.02. The van der Waals surface area contributed by atoms with E-state index in [1.165, 1.54) is 18.4 Å². The number of esters is 2. The Morgan fingerprint density at radius 2 is 1.22 bits per heavy atom. The lowest BCUT2D eigenvalue weighted by Crippen LogP contribution is -2.45.